The molecule has 0 amide bonds. The molecule has 6 heteroatoms. The molecular weight excluding hydrogens is 160 g/mol. The van der Waals surface area contributed by atoms with E-state index in [0.29, 0.717) is 6.61 Å². The van der Waals surface area contributed by atoms with Crippen LogP contribution in [0.2, 0.25) is 0 Å². The Balaban J connectivity index is 2.46. The summed E-state index contributed by atoms with van der Waals surface area (Å²) in [4.78, 5) is 14.5. The van der Waals surface area contributed by atoms with Crippen molar-refractivity contribution < 1.29 is 9.53 Å². The molecule has 0 radical (unpaired) electrons. The largest absolute Gasteiger partial charge is 0.465 e. The number of aromatic nitrogens is 3. The Morgan fingerprint density at radius 3 is 3.08 bits per heavy atom. The second-order valence-corrected chi connectivity index (χ2v) is 2.11. The van der Waals surface area contributed by atoms with Crippen LogP contribution >= 0.6 is 0 Å². The highest BCUT2D eigenvalue weighted by molar-refractivity contribution is 5.68. The van der Waals surface area contributed by atoms with Crippen LogP contribution < -0.4 is 5.73 Å². The van der Waals surface area contributed by atoms with E-state index < -0.39 is 0 Å². The third kappa shape index (κ3) is 2.22. The third-order valence-electron chi connectivity index (χ3n) is 1.15. The highest BCUT2D eigenvalue weighted by Crippen LogP contribution is 1.90. The van der Waals surface area contributed by atoms with Crippen LogP contribution in [0.25, 0.3) is 0 Å². The zero-order valence-corrected chi connectivity index (χ0v) is 6.73. The molecule has 0 spiro atoms. The molecule has 0 bridgehead atoms. The summed E-state index contributed by atoms with van der Waals surface area (Å²) in [6, 6.07) is 0. The molecule has 0 aliphatic heterocycles. The van der Waals surface area contributed by atoms with Gasteiger partial charge in [0.05, 0.1) is 6.61 Å². The summed E-state index contributed by atoms with van der Waals surface area (Å²) in [6.07, 6.45) is 1.38. The number of nitrogens with zero attached hydrogens (tertiary/aromatic N) is 3. The number of carbonyl (C=O) groups excluding carboxylic acids is 1. The summed E-state index contributed by atoms with van der Waals surface area (Å²) in [7, 11) is 0. The highest BCUT2D eigenvalue weighted by atomic mass is 16.5. The molecule has 0 aliphatic rings. The Bertz CT molecular complexity index is 270. The monoisotopic (exact) mass is 170 g/mol. The number of ether oxygens (including phenoxy) is 1. The lowest BCUT2D eigenvalue weighted by Gasteiger charge is -1.99. The first-order valence-electron chi connectivity index (χ1n) is 3.53. The predicted octanol–water partition coefficient (Wildman–Crippen LogP) is -0.577. The average Bonchev–Trinajstić information content (AvgIpc) is 2.36. The molecule has 0 unspecified atom stereocenters. The fourth-order valence-electron chi connectivity index (χ4n) is 0.724. The zero-order valence-electron chi connectivity index (χ0n) is 6.73. The summed E-state index contributed by atoms with van der Waals surface area (Å²) in [5.41, 5.74) is 5.23. The van der Waals surface area contributed by atoms with E-state index in [-0.39, 0.29) is 18.5 Å². The normalized spacial score (nSPS) is 9.75. The fourth-order valence-corrected chi connectivity index (χ4v) is 0.724. The van der Waals surface area contributed by atoms with Gasteiger partial charge in [-0.1, -0.05) is 0 Å². The van der Waals surface area contributed by atoms with E-state index in [1.165, 1.54) is 11.0 Å². The van der Waals surface area contributed by atoms with Crippen molar-refractivity contribution in [2.45, 2.75) is 13.5 Å². The minimum atomic E-state index is -0.345. The van der Waals surface area contributed by atoms with E-state index in [1.54, 1.807) is 6.92 Å². The first-order chi connectivity index (χ1) is 5.72. The van der Waals surface area contributed by atoms with E-state index >= 15 is 0 Å². The van der Waals surface area contributed by atoms with Gasteiger partial charge in [0, 0.05) is 0 Å². The van der Waals surface area contributed by atoms with E-state index in [4.69, 9.17) is 5.73 Å². The van der Waals surface area contributed by atoms with Crippen LogP contribution in [0.5, 0.6) is 0 Å². The maximum atomic E-state index is 10.9. The number of nitrogens with two attached hydrogens (primary N) is 1. The first-order valence-corrected chi connectivity index (χ1v) is 3.53. The van der Waals surface area contributed by atoms with Crippen molar-refractivity contribution in [2.24, 2.45) is 0 Å². The van der Waals surface area contributed by atoms with Gasteiger partial charge in [-0.25, -0.2) is 9.67 Å². The maximum Gasteiger partial charge on any atom is 0.327 e. The molecule has 12 heavy (non-hydrogen) atoms. The van der Waals surface area contributed by atoms with Gasteiger partial charge in [0.1, 0.15) is 12.9 Å². The van der Waals surface area contributed by atoms with Crippen LogP contribution in [0.1, 0.15) is 6.92 Å². The summed E-state index contributed by atoms with van der Waals surface area (Å²) in [5.74, 6) is -0.193. The number of esters is 1. The van der Waals surface area contributed by atoms with Crippen LogP contribution in [0.15, 0.2) is 6.33 Å². The summed E-state index contributed by atoms with van der Waals surface area (Å²) in [6.45, 7) is 2.16. The Kier molecular flexibility index (Phi) is 2.62. The van der Waals surface area contributed by atoms with Gasteiger partial charge >= 0.3 is 5.97 Å². The second-order valence-electron chi connectivity index (χ2n) is 2.11. The fraction of sp³-hybridized carbons (Fsp3) is 0.500. The Morgan fingerprint density at radius 1 is 1.83 bits per heavy atom. The Hall–Kier alpha value is -1.59. The maximum absolute atomic E-state index is 10.9. The molecule has 0 aromatic carbocycles. The molecule has 0 saturated heterocycles. The second kappa shape index (κ2) is 3.70. The van der Waals surface area contributed by atoms with E-state index in [1.807, 2.05) is 0 Å². The van der Waals surface area contributed by atoms with Crippen LogP contribution in [-0.2, 0) is 16.1 Å². The zero-order chi connectivity index (χ0) is 8.97. The van der Waals surface area contributed by atoms with Gasteiger partial charge < -0.3 is 10.5 Å². The third-order valence-corrected chi connectivity index (χ3v) is 1.15. The van der Waals surface area contributed by atoms with Crippen molar-refractivity contribution in [1.82, 2.24) is 14.8 Å². The molecule has 1 rings (SSSR count). The topological polar surface area (TPSA) is 83.0 Å². The van der Waals surface area contributed by atoms with Gasteiger partial charge in [-0.2, -0.15) is 0 Å². The van der Waals surface area contributed by atoms with Crippen LogP contribution in [0.3, 0.4) is 0 Å². The number of hydrogen-bond acceptors (Lipinski definition) is 5. The lowest BCUT2D eigenvalue weighted by atomic mass is 10.6. The van der Waals surface area contributed by atoms with Gasteiger partial charge in [0.25, 0.3) is 0 Å². The van der Waals surface area contributed by atoms with Gasteiger partial charge in [-0.15, -0.1) is 5.10 Å². The molecule has 1 heterocycles. The molecule has 0 aliphatic carbocycles. The summed E-state index contributed by atoms with van der Waals surface area (Å²) >= 11 is 0. The van der Waals surface area contributed by atoms with E-state index in [0.717, 1.165) is 0 Å². The molecule has 1 aromatic heterocycles. The molecular formula is C6H10N4O2. The van der Waals surface area contributed by atoms with Crippen molar-refractivity contribution in [2.75, 3.05) is 12.3 Å². The standard InChI is InChI=1S/C6H10N4O2/c1-2-12-5(11)3-10-4-8-6(7)9-10/h4H,2-3H2,1H3,(H2,7,9). The minimum Gasteiger partial charge on any atom is -0.465 e. The van der Waals surface area contributed by atoms with Crippen LogP contribution in [0, 0.1) is 0 Å². The van der Waals surface area contributed by atoms with Gasteiger partial charge in [0.15, 0.2) is 0 Å². The van der Waals surface area contributed by atoms with Gasteiger partial charge in [-0.3, -0.25) is 4.79 Å². The molecule has 2 N–H and O–H groups in total. The Morgan fingerprint density at radius 2 is 2.58 bits per heavy atom. The molecule has 0 fully saturated rings. The van der Waals surface area contributed by atoms with Crippen molar-refractivity contribution in [3.05, 3.63) is 6.33 Å². The molecule has 66 valence electrons. The Labute approximate surface area is 69.3 Å². The minimum absolute atomic E-state index is 0.0536. The van der Waals surface area contributed by atoms with E-state index in [2.05, 4.69) is 14.8 Å². The predicted molar refractivity (Wildman–Crippen MR) is 41.1 cm³/mol. The number of hydrogen-bond donors (Lipinski definition) is 1. The smallest absolute Gasteiger partial charge is 0.327 e. The number of nitrogen functional groups attached to an aromatic ring is 1. The lowest BCUT2D eigenvalue weighted by Crippen LogP contribution is -2.13. The highest BCUT2D eigenvalue weighted by Gasteiger charge is 2.03. The summed E-state index contributed by atoms with van der Waals surface area (Å²) in [5, 5.41) is 3.72. The van der Waals surface area contributed by atoms with Crippen molar-refractivity contribution >= 4 is 11.9 Å². The molecule has 0 atom stereocenters. The van der Waals surface area contributed by atoms with Gasteiger partial charge in [0.2, 0.25) is 5.95 Å². The van der Waals surface area contributed by atoms with Crippen LogP contribution in [-0.4, -0.2) is 27.3 Å². The van der Waals surface area contributed by atoms with Crippen LogP contribution in [0.4, 0.5) is 5.95 Å². The molecule has 0 saturated carbocycles. The van der Waals surface area contributed by atoms with E-state index in [9.17, 15) is 4.79 Å². The average molecular weight is 170 g/mol. The quantitative estimate of drug-likeness (QED) is 0.614. The van der Waals surface area contributed by atoms with Crippen molar-refractivity contribution in [3.63, 3.8) is 0 Å². The number of rotatable bonds is 3. The first kappa shape index (κ1) is 8.51. The SMILES string of the molecule is CCOC(=O)Cn1cnc(N)n1. The van der Waals surface area contributed by atoms with Gasteiger partial charge in [-0.05, 0) is 6.92 Å². The molecule has 1 aromatic rings. The molecule has 6 nitrogen and oxygen atoms in total. The van der Waals surface area contributed by atoms with Crippen molar-refractivity contribution in [3.8, 4) is 0 Å². The number of carbonyl (C=O) groups is 1. The van der Waals surface area contributed by atoms with Crippen molar-refractivity contribution in [1.29, 1.82) is 0 Å². The number of anilines is 1. The summed E-state index contributed by atoms with van der Waals surface area (Å²) < 4.78 is 6.01. The lowest BCUT2D eigenvalue weighted by molar-refractivity contribution is -0.144.